The van der Waals surface area contributed by atoms with Crippen LogP contribution in [0, 0.1) is 12.9 Å². The van der Waals surface area contributed by atoms with Gasteiger partial charge in [-0.05, 0) is 43.2 Å². The van der Waals surface area contributed by atoms with E-state index < -0.39 is 11.9 Å². The minimum absolute atomic E-state index is 0.0977. The maximum atomic E-state index is 13.5. The Morgan fingerprint density at radius 2 is 2.19 bits per heavy atom. The molecule has 1 amide bonds. The third-order valence-electron chi connectivity index (χ3n) is 2.85. The summed E-state index contributed by atoms with van der Waals surface area (Å²) in [6.45, 7) is 4.48. The van der Waals surface area contributed by atoms with Crippen LogP contribution in [0.25, 0.3) is 0 Å². The molecule has 1 N–H and O–H groups in total. The third-order valence-corrected chi connectivity index (χ3v) is 2.85. The van der Waals surface area contributed by atoms with Gasteiger partial charge in [-0.2, -0.15) is 4.39 Å². The highest BCUT2D eigenvalue weighted by Crippen LogP contribution is 2.26. The summed E-state index contributed by atoms with van der Waals surface area (Å²) in [6.07, 6.45) is 2.16. The quantitative estimate of drug-likeness (QED) is 0.856. The molecule has 21 heavy (non-hydrogen) atoms. The van der Waals surface area contributed by atoms with Crippen LogP contribution in [0.2, 0.25) is 0 Å². The maximum absolute atomic E-state index is 13.5. The summed E-state index contributed by atoms with van der Waals surface area (Å²) in [6, 6.07) is 8.34. The maximum Gasteiger partial charge on any atom is 0.260 e. The number of carbonyl (C=O) groups excluding carboxylic acids is 1. The van der Waals surface area contributed by atoms with Gasteiger partial charge in [-0.25, -0.2) is 4.98 Å². The molecule has 110 valence electrons. The van der Waals surface area contributed by atoms with Crippen molar-refractivity contribution in [1.82, 2.24) is 4.98 Å². The Balaban J connectivity index is 2.23. The number of benzene rings is 1. The Labute approximate surface area is 123 Å². The van der Waals surface area contributed by atoms with Crippen molar-refractivity contribution in [2.24, 2.45) is 0 Å². The van der Waals surface area contributed by atoms with E-state index in [4.69, 9.17) is 4.74 Å². The minimum atomic E-state index is -0.793. The fourth-order valence-corrected chi connectivity index (χ4v) is 1.81. The van der Waals surface area contributed by atoms with Gasteiger partial charge in [-0.15, -0.1) is 0 Å². The number of rotatable bonds is 5. The van der Waals surface area contributed by atoms with Gasteiger partial charge in [0.2, 0.25) is 5.95 Å². The molecule has 0 unspecified atom stereocenters. The number of aromatic nitrogens is 1. The zero-order valence-corrected chi connectivity index (χ0v) is 12.0. The van der Waals surface area contributed by atoms with Crippen LogP contribution in [0.5, 0.6) is 5.75 Å². The average Bonchev–Trinajstić information content (AvgIpc) is 2.47. The summed E-state index contributed by atoms with van der Waals surface area (Å²) >= 11 is 0. The lowest BCUT2D eigenvalue weighted by Crippen LogP contribution is -2.15. The van der Waals surface area contributed by atoms with Gasteiger partial charge >= 0.3 is 0 Å². The molecule has 0 fully saturated rings. The van der Waals surface area contributed by atoms with E-state index in [9.17, 15) is 9.18 Å². The Morgan fingerprint density at radius 1 is 1.38 bits per heavy atom. The van der Waals surface area contributed by atoms with Gasteiger partial charge in [0.05, 0.1) is 17.9 Å². The average molecular weight is 288 g/mol. The van der Waals surface area contributed by atoms with Gasteiger partial charge in [0.25, 0.3) is 5.91 Å². The highest BCUT2D eigenvalue weighted by Gasteiger charge is 2.14. The predicted octanol–water partition coefficient (Wildman–Crippen LogP) is 3.57. The Bertz CT molecular complexity index is 644. The normalized spacial score (nSPS) is 10.2. The molecule has 0 atom stereocenters. The van der Waals surface area contributed by atoms with E-state index in [-0.39, 0.29) is 5.56 Å². The van der Waals surface area contributed by atoms with Crippen molar-refractivity contribution in [3.8, 4) is 5.75 Å². The highest BCUT2D eigenvalue weighted by molar-refractivity contribution is 6.05. The Morgan fingerprint density at radius 3 is 2.90 bits per heavy atom. The van der Waals surface area contributed by atoms with E-state index in [1.807, 2.05) is 26.0 Å². The van der Waals surface area contributed by atoms with Crippen LogP contribution in [-0.4, -0.2) is 17.5 Å². The molecule has 0 aliphatic rings. The smallest absolute Gasteiger partial charge is 0.260 e. The standard InChI is InChI=1S/C16H17FN2O2/c1-3-9-21-14-10-11(2)6-7-13(14)19-16(20)12-5-4-8-18-15(12)17/h4-8,10H,3,9H2,1-2H3,(H,19,20). The molecular weight excluding hydrogens is 271 g/mol. The van der Waals surface area contributed by atoms with E-state index in [1.54, 1.807) is 6.07 Å². The number of pyridine rings is 1. The summed E-state index contributed by atoms with van der Waals surface area (Å²) in [5.74, 6) is -0.765. The molecule has 2 aromatic rings. The first-order valence-corrected chi connectivity index (χ1v) is 6.77. The molecule has 1 aromatic carbocycles. The number of hydrogen-bond acceptors (Lipinski definition) is 3. The van der Waals surface area contributed by atoms with Gasteiger partial charge in [-0.3, -0.25) is 4.79 Å². The number of hydrogen-bond donors (Lipinski definition) is 1. The van der Waals surface area contributed by atoms with Crippen molar-refractivity contribution in [1.29, 1.82) is 0 Å². The molecule has 0 radical (unpaired) electrons. The molecule has 0 saturated carbocycles. The number of aryl methyl sites for hydroxylation is 1. The monoisotopic (exact) mass is 288 g/mol. The molecule has 0 aliphatic carbocycles. The van der Waals surface area contributed by atoms with Crippen LogP contribution in [0.1, 0.15) is 29.3 Å². The van der Waals surface area contributed by atoms with Gasteiger partial charge in [0.15, 0.2) is 0 Å². The highest BCUT2D eigenvalue weighted by atomic mass is 19.1. The minimum Gasteiger partial charge on any atom is -0.491 e. The largest absolute Gasteiger partial charge is 0.491 e. The van der Waals surface area contributed by atoms with Crippen LogP contribution < -0.4 is 10.1 Å². The summed E-state index contributed by atoms with van der Waals surface area (Å²) in [7, 11) is 0. The second-order valence-corrected chi connectivity index (χ2v) is 4.64. The molecule has 5 heteroatoms. The molecule has 0 bridgehead atoms. The van der Waals surface area contributed by atoms with Gasteiger partial charge in [0.1, 0.15) is 5.75 Å². The second kappa shape index (κ2) is 6.83. The summed E-state index contributed by atoms with van der Waals surface area (Å²) < 4.78 is 19.1. The van der Waals surface area contributed by atoms with E-state index in [0.717, 1.165) is 12.0 Å². The molecule has 1 aromatic heterocycles. The van der Waals surface area contributed by atoms with E-state index >= 15 is 0 Å². The Kier molecular flexibility index (Phi) is 4.87. The lowest BCUT2D eigenvalue weighted by atomic mass is 10.2. The van der Waals surface area contributed by atoms with Crippen LogP contribution in [0.4, 0.5) is 10.1 Å². The molecule has 0 spiro atoms. The number of carbonyl (C=O) groups is 1. The summed E-state index contributed by atoms with van der Waals surface area (Å²) in [4.78, 5) is 15.6. The first-order valence-electron chi connectivity index (χ1n) is 6.77. The fourth-order valence-electron chi connectivity index (χ4n) is 1.81. The lowest BCUT2D eigenvalue weighted by Gasteiger charge is -2.13. The molecule has 4 nitrogen and oxygen atoms in total. The van der Waals surface area contributed by atoms with Crippen molar-refractivity contribution in [2.75, 3.05) is 11.9 Å². The van der Waals surface area contributed by atoms with Crippen LogP contribution in [-0.2, 0) is 0 Å². The lowest BCUT2D eigenvalue weighted by molar-refractivity contribution is 0.102. The van der Waals surface area contributed by atoms with Gasteiger partial charge < -0.3 is 10.1 Å². The molecule has 1 heterocycles. The molecule has 2 rings (SSSR count). The number of nitrogens with zero attached hydrogens (tertiary/aromatic N) is 1. The summed E-state index contributed by atoms with van der Waals surface area (Å²) in [5.41, 5.74) is 1.44. The zero-order valence-electron chi connectivity index (χ0n) is 12.0. The van der Waals surface area contributed by atoms with Crippen LogP contribution in [0.3, 0.4) is 0 Å². The Hall–Kier alpha value is -2.43. The second-order valence-electron chi connectivity index (χ2n) is 4.64. The first-order chi connectivity index (χ1) is 10.1. The fraction of sp³-hybridized carbons (Fsp3) is 0.250. The van der Waals surface area contributed by atoms with Crippen molar-refractivity contribution in [3.05, 3.63) is 53.6 Å². The number of halogens is 1. The van der Waals surface area contributed by atoms with E-state index in [1.165, 1.54) is 18.3 Å². The van der Waals surface area contributed by atoms with Crippen LogP contribution >= 0.6 is 0 Å². The predicted molar refractivity (Wildman–Crippen MR) is 79.1 cm³/mol. The number of anilines is 1. The van der Waals surface area contributed by atoms with Crippen molar-refractivity contribution >= 4 is 11.6 Å². The van der Waals surface area contributed by atoms with Crippen molar-refractivity contribution in [2.45, 2.75) is 20.3 Å². The van der Waals surface area contributed by atoms with Crippen molar-refractivity contribution < 1.29 is 13.9 Å². The summed E-state index contributed by atoms with van der Waals surface area (Å²) in [5, 5.41) is 2.66. The third kappa shape index (κ3) is 3.78. The SMILES string of the molecule is CCCOc1cc(C)ccc1NC(=O)c1cccnc1F. The molecule has 0 saturated heterocycles. The first kappa shape index (κ1) is 15.0. The van der Waals surface area contributed by atoms with E-state index in [2.05, 4.69) is 10.3 Å². The van der Waals surface area contributed by atoms with Crippen LogP contribution in [0.15, 0.2) is 36.5 Å². The molecular formula is C16H17FN2O2. The topological polar surface area (TPSA) is 51.2 Å². The zero-order chi connectivity index (χ0) is 15.2. The van der Waals surface area contributed by atoms with E-state index in [0.29, 0.717) is 18.0 Å². The number of ether oxygens (including phenoxy) is 1. The number of amides is 1. The molecule has 0 aliphatic heterocycles. The van der Waals surface area contributed by atoms with Crippen molar-refractivity contribution in [3.63, 3.8) is 0 Å². The van der Waals surface area contributed by atoms with Gasteiger partial charge in [-0.1, -0.05) is 13.0 Å². The number of nitrogens with one attached hydrogen (secondary N) is 1. The van der Waals surface area contributed by atoms with Gasteiger partial charge in [0, 0.05) is 6.20 Å².